The lowest BCUT2D eigenvalue weighted by molar-refractivity contribution is -0.143. The SMILES string of the molecule is C.O=C1OCCC1Br.O=C1OCCC1Oc1ccc(Br)cc1.Oc1ccc(Br)cc1. The second-order valence-corrected chi connectivity index (χ2v) is 8.85. The first-order valence-electron chi connectivity index (χ1n) is 8.69. The molecular formula is C21H23Br3O6. The van der Waals surface area contributed by atoms with Crippen LogP contribution in [0.1, 0.15) is 20.3 Å². The van der Waals surface area contributed by atoms with Crippen LogP contribution in [0.5, 0.6) is 11.5 Å². The van der Waals surface area contributed by atoms with Crippen molar-refractivity contribution < 1.29 is 28.9 Å². The zero-order valence-corrected chi connectivity index (χ0v) is 20.0. The number of cyclic esters (lactones) is 2. The summed E-state index contributed by atoms with van der Waals surface area (Å²) >= 11 is 9.69. The Labute approximate surface area is 201 Å². The van der Waals surface area contributed by atoms with Crippen LogP contribution in [0, 0.1) is 0 Å². The average molecular weight is 611 g/mol. The molecule has 30 heavy (non-hydrogen) atoms. The summed E-state index contributed by atoms with van der Waals surface area (Å²) in [5.74, 6) is 0.596. The summed E-state index contributed by atoms with van der Waals surface area (Å²) in [6, 6.07) is 14.2. The minimum atomic E-state index is -0.434. The lowest BCUT2D eigenvalue weighted by Crippen LogP contribution is -2.21. The number of aromatic hydroxyl groups is 1. The lowest BCUT2D eigenvalue weighted by Gasteiger charge is -2.09. The van der Waals surface area contributed by atoms with Crippen molar-refractivity contribution in [1.82, 2.24) is 0 Å². The number of halogens is 3. The van der Waals surface area contributed by atoms with E-state index in [1.807, 2.05) is 24.3 Å². The molecule has 0 bridgehead atoms. The summed E-state index contributed by atoms with van der Waals surface area (Å²) in [5.41, 5.74) is 0. The number of alkyl halides is 1. The topological polar surface area (TPSA) is 82.1 Å². The molecule has 2 aromatic carbocycles. The van der Waals surface area contributed by atoms with Crippen LogP contribution in [0.3, 0.4) is 0 Å². The number of phenols is 1. The first-order chi connectivity index (χ1) is 13.8. The maximum absolute atomic E-state index is 11.1. The largest absolute Gasteiger partial charge is 0.508 e. The summed E-state index contributed by atoms with van der Waals surface area (Å²) in [5, 5.41) is 8.74. The summed E-state index contributed by atoms with van der Waals surface area (Å²) in [6.07, 6.45) is 1.02. The zero-order chi connectivity index (χ0) is 21.2. The van der Waals surface area contributed by atoms with Crippen molar-refractivity contribution in [3.05, 3.63) is 57.5 Å². The normalized spacial score (nSPS) is 19.2. The maximum atomic E-state index is 11.1. The Kier molecular flexibility index (Phi) is 12.1. The van der Waals surface area contributed by atoms with Crippen molar-refractivity contribution in [2.45, 2.75) is 31.2 Å². The Bertz CT molecular complexity index is 774. The van der Waals surface area contributed by atoms with Crippen LogP contribution >= 0.6 is 47.8 Å². The van der Waals surface area contributed by atoms with Crippen LogP contribution in [-0.2, 0) is 19.1 Å². The zero-order valence-electron chi connectivity index (χ0n) is 15.2. The minimum absolute atomic E-state index is 0. The summed E-state index contributed by atoms with van der Waals surface area (Å²) in [6.45, 7) is 1.04. The average Bonchev–Trinajstić information content (AvgIpc) is 3.28. The van der Waals surface area contributed by atoms with E-state index in [-0.39, 0.29) is 24.2 Å². The van der Waals surface area contributed by atoms with Gasteiger partial charge in [0.05, 0.1) is 13.2 Å². The molecule has 1 N–H and O–H groups in total. The van der Waals surface area contributed by atoms with Gasteiger partial charge in [0, 0.05) is 21.8 Å². The number of phenolic OH excluding ortho intramolecular Hbond substituents is 1. The standard InChI is InChI=1S/C10H9BrO3.C6H5BrO.C4H5BrO2.CH4/c11-7-1-3-8(4-2-7)14-9-5-6-13-10(9)12;7-5-1-3-6(8)4-2-5;5-3-1-2-7-4(3)6;/h1-4,9H,5-6H2;1-4,8H;3H,1-2H2;1H4. The van der Waals surface area contributed by atoms with Gasteiger partial charge in [0.1, 0.15) is 16.3 Å². The van der Waals surface area contributed by atoms with E-state index in [9.17, 15) is 9.59 Å². The van der Waals surface area contributed by atoms with Crippen LogP contribution < -0.4 is 4.74 Å². The number of rotatable bonds is 2. The second-order valence-electron chi connectivity index (χ2n) is 5.92. The molecule has 2 heterocycles. The fourth-order valence-electron chi connectivity index (χ4n) is 2.17. The van der Waals surface area contributed by atoms with Gasteiger partial charge in [-0.25, -0.2) is 4.79 Å². The number of ether oxygens (including phenoxy) is 3. The Hall–Kier alpha value is -1.58. The van der Waals surface area contributed by atoms with Gasteiger partial charge in [0.25, 0.3) is 0 Å². The van der Waals surface area contributed by atoms with E-state index in [2.05, 4.69) is 52.5 Å². The van der Waals surface area contributed by atoms with Crippen molar-refractivity contribution in [2.24, 2.45) is 0 Å². The minimum Gasteiger partial charge on any atom is -0.508 e. The molecule has 2 aliphatic rings. The molecule has 0 spiro atoms. The molecule has 0 aliphatic carbocycles. The Morgan fingerprint density at radius 3 is 1.70 bits per heavy atom. The highest BCUT2D eigenvalue weighted by Gasteiger charge is 2.28. The van der Waals surface area contributed by atoms with Gasteiger partial charge in [-0.1, -0.05) is 55.2 Å². The fraction of sp³-hybridized carbons (Fsp3) is 0.333. The molecular weight excluding hydrogens is 588 g/mol. The molecule has 0 radical (unpaired) electrons. The first-order valence-corrected chi connectivity index (χ1v) is 11.2. The summed E-state index contributed by atoms with van der Waals surface area (Å²) in [7, 11) is 0. The third kappa shape index (κ3) is 9.49. The van der Waals surface area contributed by atoms with E-state index in [1.54, 1.807) is 24.3 Å². The molecule has 2 saturated heterocycles. The van der Waals surface area contributed by atoms with Crippen molar-refractivity contribution in [1.29, 1.82) is 0 Å². The van der Waals surface area contributed by atoms with E-state index >= 15 is 0 Å². The van der Waals surface area contributed by atoms with Gasteiger partial charge in [-0.15, -0.1) is 0 Å². The molecule has 0 amide bonds. The molecule has 9 heteroatoms. The number of carbonyl (C=O) groups excluding carboxylic acids is 2. The van der Waals surface area contributed by atoms with Gasteiger partial charge in [0.15, 0.2) is 6.10 Å². The first kappa shape index (κ1) is 26.5. The highest BCUT2D eigenvalue weighted by atomic mass is 79.9. The molecule has 6 nitrogen and oxygen atoms in total. The highest BCUT2D eigenvalue weighted by Crippen LogP contribution is 2.20. The van der Waals surface area contributed by atoms with Crippen LogP contribution in [0.15, 0.2) is 57.5 Å². The monoisotopic (exact) mass is 608 g/mol. The molecule has 4 rings (SSSR count). The van der Waals surface area contributed by atoms with Gasteiger partial charge >= 0.3 is 11.9 Å². The molecule has 2 atom stereocenters. The van der Waals surface area contributed by atoms with Gasteiger partial charge in [-0.3, -0.25) is 4.79 Å². The van der Waals surface area contributed by atoms with Crippen molar-refractivity contribution in [3.63, 3.8) is 0 Å². The third-order valence-electron chi connectivity index (χ3n) is 3.68. The van der Waals surface area contributed by atoms with Gasteiger partial charge < -0.3 is 19.3 Å². The van der Waals surface area contributed by atoms with E-state index in [1.165, 1.54) is 0 Å². The van der Waals surface area contributed by atoms with Crippen molar-refractivity contribution >= 4 is 59.7 Å². The van der Waals surface area contributed by atoms with E-state index in [4.69, 9.17) is 14.6 Å². The molecule has 2 fully saturated rings. The molecule has 0 saturated carbocycles. The van der Waals surface area contributed by atoms with Crippen LogP contribution in [0.25, 0.3) is 0 Å². The maximum Gasteiger partial charge on any atom is 0.347 e. The molecule has 164 valence electrons. The second kappa shape index (κ2) is 13.7. The van der Waals surface area contributed by atoms with E-state index < -0.39 is 6.10 Å². The smallest absolute Gasteiger partial charge is 0.347 e. The van der Waals surface area contributed by atoms with Crippen molar-refractivity contribution in [2.75, 3.05) is 13.2 Å². The Morgan fingerprint density at radius 1 is 0.833 bits per heavy atom. The fourth-order valence-corrected chi connectivity index (χ4v) is 3.02. The Morgan fingerprint density at radius 2 is 1.33 bits per heavy atom. The van der Waals surface area contributed by atoms with Gasteiger partial charge in [0.2, 0.25) is 0 Å². The quantitative estimate of drug-likeness (QED) is 0.351. The molecule has 2 unspecified atom stereocenters. The van der Waals surface area contributed by atoms with Crippen LogP contribution in [0.2, 0.25) is 0 Å². The number of carbonyl (C=O) groups is 2. The molecule has 0 aromatic heterocycles. The van der Waals surface area contributed by atoms with E-state index in [0.717, 1.165) is 15.4 Å². The highest BCUT2D eigenvalue weighted by molar-refractivity contribution is 9.10. The van der Waals surface area contributed by atoms with Gasteiger partial charge in [-0.2, -0.15) is 0 Å². The van der Waals surface area contributed by atoms with Crippen LogP contribution in [0.4, 0.5) is 0 Å². The van der Waals surface area contributed by atoms with Gasteiger partial charge in [-0.05, 0) is 48.5 Å². The van der Waals surface area contributed by atoms with Crippen LogP contribution in [-0.4, -0.2) is 41.2 Å². The molecule has 2 aromatic rings. The Balaban J connectivity index is 0.000000241. The van der Waals surface area contributed by atoms with Crippen molar-refractivity contribution in [3.8, 4) is 11.5 Å². The third-order valence-corrected chi connectivity index (χ3v) is 5.57. The number of benzene rings is 2. The summed E-state index contributed by atoms with van der Waals surface area (Å²) in [4.78, 5) is 21.4. The number of hydrogen-bond acceptors (Lipinski definition) is 6. The predicted molar refractivity (Wildman–Crippen MR) is 125 cm³/mol. The summed E-state index contributed by atoms with van der Waals surface area (Å²) < 4.78 is 16.8. The number of esters is 2. The predicted octanol–water partition coefficient (Wildman–Crippen LogP) is 5.63. The number of hydrogen-bond donors (Lipinski definition) is 1. The van der Waals surface area contributed by atoms with E-state index in [0.29, 0.717) is 31.1 Å². The molecule has 2 aliphatic heterocycles. The lowest BCUT2D eigenvalue weighted by atomic mass is 10.3.